The Balaban J connectivity index is 2.88. The topological polar surface area (TPSA) is 32.3 Å². The molecule has 0 unspecified atom stereocenters. The quantitative estimate of drug-likeness (QED) is 0.400. The largest absolute Gasteiger partial charge is 0.396 e. The van der Waals surface area contributed by atoms with E-state index < -0.39 is 0 Å². The monoisotopic (exact) mass is 271 g/mol. The van der Waals surface area contributed by atoms with Crippen LogP contribution in [-0.2, 0) is 0 Å². The number of nitrogens with one attached hydrogen (secondary N) is 1. The fourth-order valence-corrected chi connectivity index (χ4v) is 2.40. The first kappa shape index (κ1) is 18.9. The predicted molar refractivity (Wildman–Crippen MR) is 85.7 cm³/mol. The molecule has 0 rings (SSSR count). The van der Waals surface area contributed by atoms with Gasteiger partial charge in [0.25, 0.3) is 0 Å². The zero-order chi connectivity index (χ0) is 14.0. The normalized spacial score (nSPS) is 11.1. The van der Waals surface area contributed by atoms with Gasteiger partial charge in [-0.25, -0.2) is 0 Å². The fourth-order valence-electron chi connectivity index (χ4n) is 2.40. The molecular formula is C17H37NO. The molecule has 0 bridgehead atoms. The molecule has 0 heterocycles. The van der Waals surface area contributed by atoms with Gasteiger partial charge in [-0.3, -0.25) is 0 Å². The van der Waals surface area contributed by atoms with Crippen LogP contribution in [-0.4, -0.2) is 24.8 Å². The first-order valence-electron chi connectivity index (χ1n) is 8.73. The molecule has 19 heavy (non-hydrogen) atoms. The zero-order valence-electron chi connectivity index (χ0n) is 13.3. The Bertz CT molecular complexity index is 134. The molecule has 0 aromatic carbocycles. The van der Waals surface area contributed by atoms with Gasteiger partial charge in [-0.15, -0.1) is 0 Å². The molecule has 2 nitrogen and oxygen atoms in total. The van der Waals surface area contributed by atoms with E-state index in [4.69, 9.17) is 5.11 Å². The molecule has 0 aliphatic rings. The highest BCUT2D eigenvalue weighted by molar-refractivity contribution is 4.51. The van der Waals surface area contributed by atoms with Gasteiger partial charge in [0, 0.05) is 6.61 Å². The molecule has 2 heteroatoms. The minimum Gasteiger partial charge on any atom is -0.396 e. The average molecular weight is 271 g/mol. The summed E-state index contributed by atoms with van der Waals surface area (Å²) in [4.78, 5) is 0. The van der Waals surface area contributed by atoms with E-state index in [1.54, 1.807) is 0 Å². The minimum absolute atomic E-state index is 0.363. The molecule has 0 fully saturated rings. The smallest absolute Gasteiger partial charge is 0.0431 e. The van der Waals surface area contributed by atoms with Gasteiger partial charge in [0.05, 0.1) is 0 Å². The van der Waals surface area contributed by atoms with Crippen molar-refractivity contribution in [1.29, 1.82) is 0 Å². The van der Waals surface area contributed by atoms with Gasteiger partial charge in [0.2, 0.25) is 0 Å². The van der Waals surface area contributed by atoms with Crippen molar-refractivity contribution in [3.8, 4) is 0 Å². The van der Waals surface area contributed by atoms with Crippen molar-refractivity contribution in [2.75, 3.05) is 19.7 Å². The zero-order valence-corrected chi connectivity index (χ0v) is 13.3. The molecule has 0 aliphatic heterocycles. The van der Waals surface area contributed by atoms with Crippen LogP contribution >= 0.6 is 0 Å². The van der Waals surface area contributed by atoms with Gasteiger partial charge in [0.1, 0.15) is 0 Å². The van der Waals surface area contributed by atoms with E-state index in [1.165, 1.54) is 90.1 Å². The van der Waals surface area contributed by atoms with E-state index in [0.717, 1.165) is 6.42 Å². The molecule has 0 radical (unpaired) electrons. The van der Waals surface area contributed by atoms with Crippen molar-refractivity contribution in [3.05, 3.63) is 0 Å². The van der Waals surface area contributed by atoms with Gasteiger partial charge in [-0.05, 0) is 32.4 Å². The third-order valence-electron chi connectivity index (χ3n) is 3.72. The summed E-state index contributed by atoms with van der Waals surface area (Å²) in [5.74, 6) is 0. The maximum absolute atomic E-state index is 8.66. The lowest BCUT2D eigenvalue weighted by Gasteiger charge is -2.05. The van der Waals surface area contributed by atoms with Crippen LogP contribution in [0.2, 0.25) is 0 Å². The van der Waals surface area contributed by atoms with Crippen molar-refractivity contribution in [3.63, 3.8) is 0 Å². The molecule has 0 atom stereocenters. The Morgan fingerprint density at radius 1 is 0.579 bits per heavy atom. The highest BCUT2D eigenvalue weighted by Gasteiger charge is 1.93. The SMILES string of the molecule is CCCCCCCCNCCCCCCCCCO. The number of unbranched alkanes of at least 4 members (excludes halogenated alkanes) is 11. The number of hydrogen-bond acceptors (Lipinski definition) is 2. The van der Waals surface area contributed by atoms with Gasteiger partial charge in [-0.2, -0.15) is 0 Å². The molecular weight excluding hydrogens is 234 g/mol. The number of rotatable bonds is 16. The average Bonchev–Trinajstić information content (AvgIpc) is 2.43. The van der Waals surface area contributed by atoms with Crippen LogP contribution in [0.5, 0.6) is 0 Å². The van der Waals surface area contributed by atoms with Crippen LogP contribution in [0.15, 0.2) is 0 Å². The van der Waals surface area contributed by atoms with Gasteiger partial charge < -0.3 is 10.4 Å². The number of hydrogen-bond donors (Lipinski definition) is 2. The highest BCUT2D eigenvalue weighted by atomic mass is 16.2. The summed E-state index contributed by atoms with van der Waals surface area (Å²) >= 11 is 0. The molecule has 0 aliphatic carbocycles. The van der Waals surface area contributed by atoms with Crippen LogP contribution in [0, 0.1) is 0 Å². The molecule has 116 valence electrons. The van der Waals surface area contributed by atoms with Crippen molar-refractivity contribution >= 4 is 0 Å². The third kappa shape index (κ3) is 17.9. The van der Waals surface area contributed by atoms with Crippen LogP contribution in [0.3, 0.4) is 0 Å². The lowest BCUT2D eigenvalue weighted by atomic mass is 10.1. The van der Waals surface area contributed by atoms with Crippen LogP contribution < -0.4 is 5.32 Å². The molecule has 0 aromatic rings. The second kappa shape index (κ2) is 17.9. The van der Waals surface area contributed by atoms with E-state index in [9.17, 15) is 0 Å². The van der Waals surface area contributed by atoms with Crippen LogP contribution in [0.1, 0.15) is 90.4 Å². The van der Waals surface area contributed by atoms with Crippen molar-refractivity contribution in [1.82, 2.24) is 5.32 Å². The van der Waals surface area contributed by atoms with Crippen LogP contribution in [0.25, 0.3) is 0 Å². The molecule has 0 saturated heterocycles. The molecule has 0 spiro atoms. The van der Waals surface area contributed by atoms with Crippen molar-refractivity contribution in [2.24, 2.45) is 0 Å². The first-order valence-corrected chi connectivity index (χ1v) is 8.73. The maximum Gasteiger partial charge on any atom is 0.0431 e. The van der Waals surface area contributed by atoms with E-state index >= 15 is 0 Å². The second-order valence-corrected chi connectivity index (χ2v) is 5.72. The summed E-state index contributed by atoms with van der Waals surface area (Å²) in [6, 6.07) is 0. The summed E-state index contributed by atoms with van der Waals surface area (Å²) in [7, 11) is 0. The Hall–Kier alpha value is -0.0800. The second-order valence-electron chi connectivity index (χ2n) is 5.72. The molecule has 0 amide bonds. The summed E-state index contributed by atoms with van der Waals surface area (Å²) in [5.41, 5.74) is 0. The van der Waals surface area contributed by atoms with E-state index in [2.05, 4.69) is 12.2 Å². The Labute approximate surface area is 121 Å². The lowest BCUT2D eigenvalue weighted by Crippen LogP contribution is -2.16. The summed E-state index contributed by atoms with van der Waals surface area (Å²) < 4.78 is 0. The Kier molecular flexibility index (Phi) is 17.8. The van der Waals surface area contributed by atoms with Gasteiger partial charge >= 0.3 is 0 Å². The van der Waals surface area contributed by atoms with E-state index in [0.29, 0.717) is 6.61 Å². The van der Waals surface area contributed by atoms with E-state index in [1.807, 2.05) is 0 Å². The minimum atomic E-state index is 0.363. The molecule has 0 aromatic heterocycles. The summed E-state index contributed by atoms with van der Waals surface area (Å²) in [6.07, 6.45) is 17.2. The predicted octanol–water partition coefficient (Wildman–Crippen LogP) is 4.66. The molecule has 0 saturated carbocycles. The van der Waals surface area contributed by atoms with Crippen LogP contribution in [0.4, 0.5) is 0 Å². The Morgan fingerprint density at radius 2 is 1.00 bits per heavy atom. The van der Waals surface area contributed by atoms with Gasteiger partial charge in [0.15, 0.2) is 0 Å². The lowest BCUT2D eigenvalue weighted by molar-refractivity contribution is 0.282. The number of aliphatic hydroxyl groups excluding tert-OH is 1. The highest BCUT2D eigenvalue weighted by Crippen LogP contribution is 2.06. The summed E-state index contributed by atoms with van der Waals surface area (Å²) in [6.45, 7) is 5.05. The third-order valence-corrected chi connectivity index (χ3v) is 3.72. The van der Waals surface area contributed by atoms with Gasteiger partial charge in [-0.1, -0.05) is 71.1 Å². The Morgan fingerprint density at radius 3 is 1.47 bits per heavy atom. The first-order chi connectivity index (χ1) is 9.41. The van der Waals surface area contributed by atoms with Crippen molar-refractivity contribution < 1.29 is 5.11 Å². The standard InChI is InChI=1S/C17H37NO/c1-2-3-4-5-9-12-15-18-16-13-10-7-6-8-11-14-17-19/h18-19H,2-17H2,1H3. The van der Waals surface area contributed by atoms with E-state index in [-0.39, 0.29) is 0 Å². The summed E-state index contributed by atoms with van der Waals surface area (Å²) in [5, 5.41) is 12.2. The van der Waals surface area contributed by atoms with Crippen molar-refractivity contribution in [2.45, 2.75) is 90.4 Å². The molecule has 2 N–H and O–H groups in total. The fraction of sp³-hybridized carbons (Fsp3) is 1.00. The maximum atomic E-state index is 8.66. The number of aliphatic hydroxyl groups is 1.